The number of esters is 1. The van der Waals surface area contributed by atoms with Crippen LogP contribution in [0.25, 0.3) is 0 Å². The summed E-state index contributed by atoms with van der Waals surface area (Å²) in [4.78, 5) is 14.0. The Kier molecular flexibility index (Phi) is 3.03. The van der Waals surface area contributed by atoms with Gasteiger partial charge in [-0.15, -0.1) is 0 Å². The molecule has 0 spiro atoms. The molecule has 1 aromatic carbocycles. The lowest BCUT2D eigenvalue weighted by atomic mass is 9.85. The van der Waals surface area contributed by atoms with E-state index in [9.17, 15) is 4.79 Å². The van der Waals surface area contributed by atoms with Crippen LogP contribution in [0.5, 0.6) is 11.5 Å². The predicted molar refractivity (Wildman–Crippen MR) is 75.1 cm³/mol. The molecule has 3 aliphatic rings. The first-order valence-corrected chi connectivity index (χ1v) is 7.56. The summed E-state index contributed by atoms with van der Waals surface area (Å²) in [5.41, 5.74) is 2.27. The Morgan fingerprint density at radius 2 is 2.10 bits per heavy atom. The van der Waals surface area contributed by atoms with E-state index in [0.717, 1.165) is 36.6 Å². The first-order valence-electron chi connectivity index (χ1n) is 7.56. The van der Waals surface area contributed by atoms with Gasteiger partial charge in [-0.3, -0.25) is 9.69 Å². The Labute approximate surface area is 123 Å². The number of fused-ring (bicyclic) bond motifs is 3. The molecular weight excluding hydrogens is 270 g/mol. The van der Waals surface area contributed by atoms with E-state index in [1.165, 1.54) is 25.3 Å². The molecule has 0 N–H and O–H groups in total. The van der Waals surface area contributed by atoms with Gasteiger partial charge in [0.2, 0.25) is 6.79 Å². The molecule has 4 rings (SSSR count). The first kappa shape index (κ1) is 13.0. The van der Waals surface area contributed by atoms with Gasteiger partial charge in [-0.25, -0.2) is 0 Å². The van der Waals surface area contributed by atoms with E-state index in [0.29, 0.717) is 0 Å². The van der Waals surface area contributed by atoms with Crippen molar-refractivity contribution >= 4 is 5.97 Å². The van der Waals surface area contributed by atoms with E-state index < -0.39 is 0 Å². The normalized spacial score (nSPS) is 26.9. The molecule has 5 nitrogen and oxygen atoms in total. The molecule has 3 heterocycles. The van der Waals surface area contributed by atoms with Crippen molar-refractivity contribution in [1.29, 1.82) is 0 Å². The number of hydrogen-bond donors (Lipinski definition) is 0. The second kappa shape index (κ2) is 4.91. The number of benzene rings is 1. The predicted octanol–water partition coefficient (Wildman–Crippen LogP) is 2.39. The van der Waals surface area contributed by atoms with E-state index in [-0.39, 0.29) is 24.9 Å². The number of piperidine rings is 1. The van der Waals surface area contributed by atoms with Gasteiger partial charge in [0.1, 0.15) is 6.10 Å². The molecule has 2 atom stereocenters. The van der Waals surface area contributed by atoms with Crippen LogP contribution in [0.1, 0.15) is 43.4 Å². The van der Waals surface area contributed by atoms with Gasteiger partial charge in [-0.2, -0.15) is 0 Å². The van der Waals surface area contributed by atoms with E-state index in [4.69, 9.17) is 14.2 Å². The number of carbonyl (C=O) groups is 1. The average molecular weight is 289 g/mol. The summed E-state index contributed by atoms with van der Waals surface area (Å²) in [6.07, 6.45) is 3.29. The number of nitrogens with zero attached hydrogens (tertiary/aromatic N) is 1. The quantitative estimate of drug-likeness (QED) is 0.743. The van der Waals surface area contributed by atoms with Gasteiger partial charge in [0, 0.05) is 19.0 Å². The van der Waals surface area contributed by atoms with Crippen LogP contribution in [0, 0.1) is 0 Å². The van der Waals surface area contributed by atoms with Crippen molar-refractivity contribution in [1.82, 2.24) is 4.90 Å². The van der Waals surface area contributed by atoms with Crippen LogP contribution in [-0.2, 0) is 16.1 Å². The molecular formula is C16H19NO4. The molecule has 21 heavy (non-hydrogen) atoms. The summed E-state index contributed by atoms with van der Waals surface area (Å²) in [5, 5.41) is 0. The summed E-state index contributed by atoms with van der Waals surface area (Å²) in [6, 6.07) is 4.33. The van der Waals surface area contributed by atoms with E-state index in [1.807, 2.05) is 12.1 Å². The van der Waals surface area contributed by atoms with Crippen LogP contribution in [0.3, 0.4) is 0 Å². The zero-order valence-electron chi connectivity index (χ0n) is 12.1. The van der Waals surface area contributed by atoms with Gasteiger partial charge in [0.25, 0.3) is 0 Å². The number of ether oxygens (including phenoxy) is 3. The molecule has 0 bridgehead atoms. The van der Waals surface area contributed by atoms with Crippen molar-refractivity contribution in [3.8, 4) is 11.5 Å². The lowest BCUT2D eigenvalue weighted by Crippen LogP contribution is -2.47. The maximum absolute atomic E-state index is 11.5. The van der Waals surface area contributed by atoms with E-state index in [2.05, 4.69) is 4.90 Å². The molecule has 2 unspecified atom stereocenters. The second-order valence-electron chi connectivity index (χ2n) is 5.97. The largest absolute Gasteiger partial charge is 0.456 e. The van der Waals surface area contributed by atoms with Crippen LogP contribution < -0.4 is 9.47 Å². The van der Waals surface area contributed by atoms with Crippen molar-refractivity contribution in [3.05, 3.63) is 23.3 Å². The zero-order chi connectivity index (χ0) is 14.4. The highest BCUT2D eigenvalue weighted by molar-refractivity contribution is 5.66. The van der Waals surface area contributed by atoms with Crippen LogP contribution >= 0.6 is 0 Å². The monoisotopic (exact) mass is 289 g/mol. The van der Waals surface area contributed by atoms with Crippen LogP contribution in [-0.4, -0.2) is 30.2 Å². The van der Waals surface area contributed by atoms with Gasteiger partial charge in [-0.1, -0.05) is 6.42 Å². The van der Waals surface area contributed by atoms with Gasteiger partial charge in [0.05, 0.1) is 6.04 Å². The van der Waals surface area contributed by atoms with Gasteiger partial charge < -0.3 is 14.2 Å². The highest BCUT2D eigenvalue weighted by atomic mass is 16.7. The Hall–Kier alpha value is -1.75. The summed E-state index contributed by atoms with van der Waals surface area (Å²) in [6.45, 7) is 3.71. The highest BCUT2D eigenvalue weighted by Crippen LogP contribution is 2.44. The lowest BCUT2D eigenvalue weighted by Gasteiger charge is -2.44. The van der Waals surface area contributed by atoms with Crippen molar-refractivity contribution in [2.45, 2.75) is 44.9 Å². The lowest BCUT2D eigenvalue weighted by molar-refractivity contribution is -0.152. The highest BCUT2D eigenvalue weighted by Gasteiger charge is 2.39. The van der Waals surface area contributed by atoms with Crippen LogP contribution in [0.4, 0.5) is 0 Å². The third kappa shape index (κ3) is 2.16. The molecule has 0 radical (unpaired) electrons. The minimum absolute atomic E-state index is 0.193. The van der Waals surface area contributed by atoms with Gasteiger partial charge >= 0.3 is 5.97 Å². The molecule has 0 amide bonds. The molecule has 1 saturated heterocycles. The third-order valence-electron chi connectivity index (χ3n) is 4.62. The minimum atomic E-state index is -0.226. The first-order chi connectivity index (χ1) is 10.2. The molecule has 0 saturated carbocycles. The Balaban J connectivity index is 1.77. The fourth-order valence-corrected chi connectivity index (χ4v) is 3.70. The molecule has 3 aliphatic heterocycles. The molecule has 0 aromatic heterocycles. The maximum atomic E-state index is 11.5. The zero-order valence-corrected chi connectivity index (χ0v) is 12.1. The average Bonchev–Trinajstić information content (AvgIpc) is 2.92. The Morgan fingerprint density at radius 3 is 2.90 bits per heavy atom. The van der Waals surface area contributed by atoms with Crippen molar-refractivity contribution in [3.63, 3.8) is 0 Å². The van der Waals surface area contributed by atoms with Crippen LogP contribution in [0.15, 0.2) is 12.1 Å². The summed E-state index contributed by atoms with van der Waals surface area (Å²) < 4.78 is 16.6. The summed E-state index contributed by atoms with van der Waals surface area (Å²) in [5.74, 6) is 1.33. The molecule has 1 fully saturated rings. The fraction of sp³-hybridized carbons (Fsp3) is 0.562. The van der Waals surface area contributed by atoms with E-state index >= 15 is 0 Å². The summed E-state index contributed by atoms with van der Waals surface area (Å²) >= 11 is 0. The fourth-order valence-electron chi connectivity index (χ4n) is 3.70. The van der Waals surface area contributed by atoms with Crippen molar-refractivity contribution in [2.75, 3.05) is 13.3 Å². The SMILES string of the molecule is CC(=O)OC1c2cc3c(cc2CN2CCCCC12)OCO3. The van der Waals surface area contributed by atoms with E-state index in [1.54, 1.807) is 0 Å². The Morgan fingerprint density at radius 1 is 1.29 bits per heavy atom. The number of carbonyl (C=O) groups excluding carboxylic acids is 1. The topological polar surface area (TPSA) is 48.0 Å². The third-order valence-corrected chi connectivity index (χ3v) is 4.62. The second-order valence-corrected chi connectivity index (χ2v) is 5.97. The Bertz CT molecular complexity index is 586. The standard InChI is InChI=1S/C16H19NO4/c1-10(18)21-16-12-7-15-14(19-9-20-15)6-11(12)8-17-5-3-2-4-13(16)17/h6-7,13,16H,2-5,8-9H2,1H3. The maximum Gasteiger partial charge on any atom is 0.303 e. The summed E-state index contributed by atoms with van der Waals surface area (Å²) in [7, 11) is 0. The van der Waals surface area contributed by atoms with Gasteiger partial charge in [0.15, 0.2) is 11.5 Å². The minimum Gasteiger partial charge on any atom is -0.456 e. The van der Waals surface area contributed by atoms with Gasteiger partial charge in [-0.05, 0) is 37.1 Å². The smallest absolute Gasteiger partial charge is 0.303 e. The number of rotatable bonds is 1. The molecule has 0 aliphatic carbocycles. The van der Waals surface area contributed by atoms with Crippen molar-refractivity contribution in [2.24, 2.45) is 0 Å². The van der Waals surface area contributed by atoms with Crippen molar-refractivity contribution < 1.29 is 19.0 Å². The number of hydrogen-bond acceptors (Lipinski definition) is 5. The molecule has 1 aromatic rings. The molecule has 112 valence electrons. The van der Waals surface area contributed by atoms with Crippen LogP contribution in [0.2, 0.25) is 0 Å². The molecule has 5 heteroatoms.